The summed E-state index contributed by atoms with van der Waals surface area (Å²) in [6.45, 7) is 6.39. The number of amides is 1. The Bertz CT molecular complexity index is 355. The van der Waals surface area contributed by atoms with Crippen LogP contribution in [0.4, 0.5) is 0 Å². The van der Waals surface area contributed by atoms with Gasteiger partial charge in [0.05, 0.1) is 12.1 Å². The number of rotatable bonds is 6. The molecule has 3 N–H and O–H groups in total. The molecule has 0 aliphatic carbocycles. The molecule has 1 rings (SSSR count). The highest BCUT2D eigenvalue weighted by molar-refractivity contribution is 5.86. The van der Waals surface area contributed by atoms with E-state index < -0.39 is 5.54 Å². The van der Waals surface area contributed by atoms with Crippen molar-refractivity contribution in [3.8, 4) is 0 Å². The van der Waals surface area contributed by atoms with E-state index in [4.69, 9.17) is 5.73 Å². The van der Waals surface area contributed by atoms with Crippen LogP contribution in [-0.4, -0.2) is 27.3 Å². The molecule has 0 aliphatic rings. The fraction of sp³-hybridized carbons (Fsp3) is 0.667. The van der Waals surface area contributed by atoms with E-state index in [0.717, 1.165) is 6.42 Å². The van der Waals surface area contributed by atoms with Gasteiger partial charge in [0.25, 0.3) is 0 Å². The predicted octanol–water partition coefficient (Wildman–Crippen LogP) is 1.75. The summed E-state index contributed by atoms with van der Waals surface area (Å²) in [5.41, 5.74) is 5.17. The highest BCUT2D eigenvalue weighted by atomic mass is 35.5. The number of nitrogens with zero attached hydrogens (tertiary/aromatic N) is 2. The quantitative estimate of drug-likeness (QED) is 0.840. The minimum Gasteiger partial charge on any atom is -0.350 e. The van der Waals surface area contributed by atoms with Gasteiger partial charge in [0.15, 0.2) is 0 Å². The highest BCUT2D eigenvalue weighted by Crippen LogP contribution is 2.08. The fourth-order valence-electron chi connectivity index (χ4n) is 1.76. The van der Waals surface area contributed by atoms with E-state index in [2.05, 4.69) is 10.4 Å². The molecule has 7 heteroatoms. The second-order valence-corrected chi connectivity index (χ2v) is 4.77. The normalized spacial score (nSPS) is 14.5. The summed E-state index contributed by atoms with van der Waals surface area (Å²) in [5, 5.41) is 7.01. The van der Waals surface area contributed by atoms with Crippen molar-refractivity contribution in [3.05, 3.63) is 18.5 Å². The second kappa shape index (κ2) is 9.18. The van der Waals surface area contributed by atoms with E-state index >= 15 is 0 Å². The van der Waals surface area contributed by atoms with Gasteiger partial charge in [-0.1, -0.05) is 13.3 Å². The fourth-order valence-corrected chi connectivity index (χ4v) is 1.76. The van der Waals surface area contributed by atoms with Crippen molar-refractivity contribution in [2.24, 2.45) is 5.73 Å². The first-order valence-electron chi connectivity index (χ1n) is 6.03. The Balaban J connectivity index is 0. The van der Waals surface area contributed by atoms with Crippen LogP contribution in [0.5, 0.6) is 0 Å². The molecule has 0 fully saturated rings. The van der Waals surface area contributed by atoms with Gasteiger partial charge in [-0.25, -0.2) is 0 Å². The lowest BCUT2D eigenvalue weighted by Gasteiger charge is -2.25. The molecule has 19 heavy (non-hydrogen) atoms. The van der Waals surface area contributed by atoms with Crippen LogP contribution in [0, 0.1) is 0 Å². The molecule has 0 spiro atoms. The number of halogens is 2. The molecular weight excluding hydrogens is 287 g/mol. The van der Waals surface area contributed by atoms with E-state index in [-0.39, 0.29) is 36.8 Å². The number of carbonyl (C=O) groups is 1. The van der Waals surface area contributed by atoms with E-state index in [1.807, 2.05) is 26.1 Å². The largest absolute Gasteiger partial charge is 0.350 e. The summed E-state index contributed by atoms with van der Waals surface area (Å²) in [7, 11) is 0. The Hall–Kier alpha value is -0.780. The third kappa shape index (κ3) is 6.80. The first-order valence-corrected chi connectivity index (χ1v) is 6.03. The maximum atomic E-state index is 11.9. The monoisotopic (exact) mass is 310 g/mol. The number of nitrogens with two attached hydrogens (primary N) is 1. The van der Waals surface area contributed by atoms with Gasteiger partial charge in [-0.2, -0.15) is 5.10 Å². The van der Waals surface area contributed by atoms with Gasteiger partial charge < -0.3 is 11.1 Å². The zero-order valence-electron chi connectivity index (χ0n) is 11.6. The van der Waals surface area contributed by atoms with Crippen LogP contribution in [0.15, 0.2) is 18.5 Å². The molecule has 0 aromatic carbocycles. The molecule has 2 atom stereocenters. The van der Waals surface area contributed by atoms with Crippen LogP contribution in [0.2, 0.25) is 0 Å². The summed E-state index contributed by atoms with van der Waals surface area (Å²) in [4.78, 5) is 11.9. The Morgan fingerprint density at radius 2 is 2.16 bits per heavy atom. The molecule has 0 saturated heterocycles. The molecule has 0 saturated carbocycles. The standard InChI is InChI=1S/C12H22N4O.2ClH/c1-4-6-12(3,13)11(17)15-10(2)9-16-8-5-7-14-16;;/h5,7-8,10H,4,6,9,13H2,1-3H3,(H,15,17);2*1H. The third-order valence-electron chi connectivity index (χ3n) is 2.69. The Kier molecular flexibility index (Phi) is 9.92. The lowest BCUT2D eigenvalue weighted by atomic mass is 9.96. The molecule has 1 aromatic rings. The zero-order chi connectivity index (χ0) is 12.9. The van der Waals surface area contributed by atoms with Crippen LogP contribution >= 0.6 is 24.8 Å². The summed E-state index contributed by atoms with van der Waals surface area (Å²) in [5.74, 6) is -0.0981. The van der Waals surface area contributed by atoms with E-state index in [9.17, 15) is 4.79 Å². The summed E-state index contributed by atoms with van der Waals surface area (Å²) in [6, 6.07) is 1.88. The van der Waals surface area contributed by atoms with Crippen LogP contribution < -0.4 is 11.1 Å². The highest BCUT2D eigenvalue weighted by Gasteiger charge is 2.27. The minimum absolute atomic E-state index is 0. The molecule has 112 valence electrons. The average Bonchev–Trinajstić information content (AvgIpc) is 2.69. The van der Waals surface area contributed by atoms with E-state index in [1.165, 1.54) is 0 Å². The SMILES string of the molecule is CCCC(C)(N)C(=O)NC(C)Cn1cccn1.Cl.Cl. The summed E-state index contributed by atoms with van der Waals surface area (Å²) in [6.07, 6.45) is 5.18. The molecule has 0 aliphatic heterocycles. The first kappa shape index (κ1) is 20.5. The van der Waals surface area contributed by atoms with Gasteiger partial charge in [0.2, 0.25) is 5.91 Å². The maximum Gasteiger partial charge on any atom is 0.240 e. The number of hydrogen-bond acceptors (Lipinski definition) is 3. The Morgan fingerprint density at radius 1 is 1.53 bits per heavy atom. The smallest absolute Gasteiger partial charge is 0.240 e. The van der Waals surface area contributed by atoms with Crippen molar-refractivity contribution in [2.75, 3.05) is 0 Å². The van der Waals surface area contributed by atoms with Crippen LogP contribution in [0.3, 0.4) is 0 Å². The van der Waals surface area contributed by atoms with Crippen molar-refractivity contribution in [1.29, 1.82) is 0 Å². The van der Waals surface area contributed by atoms with Crippen molar-refractivity contribution in [2.45, 2.75) is 51.7 Å². The zero-order valence-corrected chi connectivity index (χ0v) is 13.3. The topological polar surface area (TPSA) is 72.9 Å². The number of aromatic nitrogens is 2. The molecule has 2 unspecified atom stereocenters. The predicted molar refractivity (Wildman–Crippen MR) is 81.8 cm³/mol. The third-order valence-corrected chi connectivity index (χ3v) is 2.69. The van der Waals surface area contributed by atoms with Crippen molar-refractivity contribution in [3.63, 3.8) is 0 Å². The van der Waals surface area contributed by atoms with Crippen LogP contribution in [0.1, 0.15) is 33.6 Å². The molecule has 1 aromatic heterocycles. The number of carbonyl (C=O) groups excluding carboxylic acids is 1. The summed E-state index contributed by atoms with van der Waals surface area (Å²) < 4.78 is 1.79. The number of hydrogen-bond donors (Lipinski definition) is 2. The Morgan fingerprint density at radius 3 is 2.63 bits per heavy atom. The molecule has 0 radical (unpaired) electrons. The van der Waals surface area contributed by atoms with Crippen LogP contribution in [0.25, 0.3) is 0 Å². The molecule has 1 heterocycles. The van der Waals surface area contributed by atoms with Gasteiger partial charge in [0.1, 0.15) is 0 Å². The second-order valence-electron chi connectivity index (χ2n) is 4.77. The Labute approximate surface area is 127 Å². The first-order chi connectivity index (χ1) is 7.95. The molecular formula is C12H24Cl2N4O. The van der Waals surface area contributed by atoms with Gasteiger partial charge >= 0.3 is 0 Å². The minimum atomic E-state index is -0.785. The lowest BCUT2D eigenvalue weighted by Crippen LogP contribution is -2.54. The average molecular weight is 311 g/mol. The lowest BCUT2D eigenvalue weighted by molar-refractivity contribution is -0.126. The van der Waals surface area contributed by atoms with Crippen molar-refractivity contribution in [1.82, 2.24) is 15.1 Å². The van der Waals surface area contributed by atoms with Gasteiger partial charge in [-0.15, -0.1) is 24.8 Å². The molecule has 1 amide bonds. The van der Waals surface area contributed by atoms with Crippen LogP contribution in [-0.2, 0) is 11.3 Å². The van der Waals surface area contributed by atoms with Gasteiger partial charge in [-0.3, -0.25) is 9.48 Å². The van der Waals surface area contributed by atoms with E-state index in [1.54, 1.807) is 17.8 Å². The van der Waals surface area contributed by atoms with Gasteiger partial charge in [-0.05, 0) is 26.3 Å². The van der Waals surface area contributed by atoms with Gasteiger partial charge in [0, 0.05) is 18.4 Å². The number of nitrogens with one attached hydrogen (secondary N) is 1. The van der Waals surface area contributed by atoms with Crippen molar-refractivity contribution < 1.29 is 4.79 Å². The molecule has 0 bridgehead atoms. The molecule has 5 nitrogen and oxygen atoms in total. The van der Waals surface area contributed by atoms with E-state index in [0.29, 0.717) is 13.0 Å². The van der Waals surface area contributed by atoms with Crippen molar-refractivity contribution >= 4 is 30.7 Å². The summed E-state index contributed by atoms with van der Waals surface area (Å²) >= 11 is 0. The maximum absolute atomic E-state index is 11.9.